The summed E-state index contributed by atoms with van der Waals surface area (Å²) in [5.74, 6) is 0.869. The number of hydrogen-bond donors (Lipinski definition) is 1. The van der Waals surface area contributed by atoms with Gasteiger partial charge in [-0.1, -0.05) is 6.07 Å². The largest absolute Gasteiger partial charge is 0.398 e. The second-order valence-corrected chi connectivity index (χ2v) is 7.28. The van der Waals surface area contributed by atoms with Gasteiger partial charge in [-0.05, 0) is 24.3 Å². The van der Waals surface area contributed by atoms with Gasteiger partial charge in [0.25, 0.3) is 0 Å². The number of nitrogens with zero attached hydrogens (tertiary/aromatic N) is 1. The van der Waals surface area contributed by atoms with Crippen LogP contribution in [-0.2, 0) is 10.0 Å². The van der Waals surface area contributed by atoms with Crippen LogP contribution < -0.4 is 5.73 Å². The number of halogens is 1. The highest BCUT2D eigenvalue weighted by Gasteiger charge is 2.33. The number of rotatable bonds is 3. The molecule has 1 fully saturated rings. The fourth-order valence-corrected chi connectivity index (χ4v) is 4.85. The molecule has 1 aliphatic rings. The number of nitrogen functional groups attached to an aromatic ring is 1. The van der Waals surface area contributed by atoms with E-state index in [9.17, 15) is 12.8 Å². The topological polar surface area (TPSA) is 63.4 Å². The Bertz CT molecular complexity index is 522. The fourth-order valence-electron chi connectivity index (χ4n) is 1.95. The quantitative estimate of drug-likeness (QED) is 0.858. The number of hydrogen-bond acceptors (Lipinski definition) is 4. The Morgan fingerprint density at radius 1 is 1.50 bits per heavy atom. The monoisotopic (exact) mass is 290 g/mol. The van der Waals surface area contributed by atoms with Crippen LogP contribution in [0.5, 0.6) is 0 Å². The summed E-state index contributed by atoms with van der Waals surface area (Å²) in [7, 11) is -2.38. The van der Waals surface area contributed by atoms with Gasteiger partial charge in [-0.2, -0.15) is 16.1 Å². The Morgan fingerprint density at radius 3 is 2.78 bits per heavy atom. The normalized spacial score (nSPS) is 20.5. The highest BCUT2D eigenvalue weighted by Crippen LogP contribution is 2.29. The summed E-state index contributed by atoms with van der Waals surface area (Å²) >= 11 is 1.70. The van der Waals surface area contributed by atoms with Crippen molar-refractivity contribution in [1.82, 2.24) is 4.31 Å². The first-order valence-electron chi connectivity index (χ1n) is 5.54. The first-order valence-corrected chi connectivity index (χ1v) is 8.14. The lowest BCUT2D eigenvalue weighted by atomic mass is 10.3. The molecule has 1 aromatic rings. The standard InChI is InChI=1S/C11H15FN2O2S2/c1-14(8-5-6-17-7-8)18(15,16)11-9(12)3-2-4-10(11)13/h2-4,8H,5-7,13H2,1H3. The number of nitrogens with two attached hydrogens (primary N) is 1. The molecule has 2 N–H and O–H groups in total. The molecule has 7 heteroatoms. The van der Waals surface area contributed by atoms with Crippen LogP contribution in [0.1, 0.15) is 6.42 Å². The molecule has 0 aliphatic carbocycles. The SMILES string of the molecule is CN(C1CCSC1)S(=O)(=O)c1c(N)cccc1F. The van der Waals surface area contributed by atoms with E-state index in [4.69, 9.17) is 5.73 Å². The van der Waals surface area contributed by atoms with Crippen molar-refractivity contribution >= 4 is 27.5 Å². The van der Waals surface area contributed by atoms with Gasteiger partial charge in [-0.3, -0.25) is 0 Å². The zero-order valence-electron chi connectivity index (χ0n) is 9.97. The molecule has 18 heavy (non-hydrogen) atoms. The summed E-state index contributed by atoms with van der Waals surface area (Å²) in [6.07, 6.45) is 0.786. The first kappa shape index (κ1) is 13.6. The molecule has 2 rings (SSSR count). The summed E-state index contributed by atoms with van der Waals surface area (Å²) in [5, 5.41) is 0. The highest BCUT2D eigenvalue weighted by molar-refractivity contribution is 7.99. The third-order valence-electron chi connectivity index (χ3n) is 3.05. The van der Waals surface area contributed by atoms with Gasteiger partial charge in [0.1, 0.15) is 10.7 Å². The summed E-state index contributed by atoms with van der Waals surface area (Å²) in [4.78, 5) is -0.413. The van der Waals surface area contributed by atoms with Gasteiger partial charge in [-0.15, -0.1) is 0 Å². The Kier molecular flexibility index (Phi) is 3.84. The maximum atomic E-state index is 13.7. The van der Waals surface area contributed by atoms with Crippen molar-refractivity contribution in [2.45, 2.75) is 17.4 Å². The molecule has 0 radical (unpaired) electrons. The van der Waals surface area contributed by atoms with E-state index in [-0.39, 0.29) is 11.7 Å². The van der Waals surface area contributed by atoms with Crippen molar-refractivity contribution in [1.29, 1.82) is 0 Å². The van der Waals surface area contributed by atoms with Crippen LogP contribution in [-0.4, -0.2) is 37.3 Å². The Labute approximate surface area is 110 Å². The van der Waals surface area contributed by atoms with E-state index in [2.05, 4.69) is 0 Å². The maximum Gasteiger partial charge on any atom is 0.248 e. The molecule has 0 amide bonds. The molecule has 1 atom stereocenters. The van der Waals surface area contributed by atoms with Gasteiger partial charge in [0.15, 0.2) is 0 Å². The van der Waals surface area contributed by atoms with Crippen LogP contribution in [0.15, 0.2) is 23.1 Å². The molecule has 1 aromatic carbocycles. The fraction of sp³-hybridized carbons (Fsp3) is 0.455. The highest BCUT2D eigenvalue weighted by atomic mass is 32.2. The third kappa shape index (κ3) is 2.34. The predicted molar refractivity (Wildman–Crippen MR) is 71.5 cm³/mol. The summed E-state index contributed by atoms with van der Waals surface area (Å²) in [6.45, 7) is 0. The van der Waals surface area contributed by atoms with Crippen molar-refractivity contribution in [3.8, 4) is 0 Å². The van der Waals surface area contributed by atoms with E-state index in [1.165, 1.54) is 23.5 Å². The van der Waals surface area contributed by atoms with Crippen molar-refractivity contribution in [3.63, 3.8) is 0 Å². The molecule has 4 nitrogen and oxygen atoms in total. The number of benzene rings is 1. The molecule has 0 saturated carbocycles. The zero-order valence-corrected chi connectivity index (χ0v) is 11.6. The van der Waals surface area contributed by atoms with Crippen molar-refractivity contribution in [2.75, 3.05) is 24.3 Å². The Balaban J connectivity index is 2.41. The van der Waals surface area contributed by atoms with Crippen LogP contribution >= 0.6 is 11.8 Å². The first-order chi connectivity index (χ1) is 8.44. The van der Waals surface area contributed by atoms with E-state index in [1.54, 1.807) is 11.8 Å². The second-order valence-electron chi connectivity index (χ2n) is 4.20. The summed E-state index contributed by atoms with van der Waals surface area (Å²) in [6, 6.07) is 3.82. The van der Waals surface area contributed by atoms with Crippen LogP contribution in [0, 0.1) is 5.82 Å². The average molecular weight is 290 g/mol. The summed E-state index contributed by atoms with van der Waals surface area (Å²) in [5.41, 5.74) is 5.54. The van der Waals surface area contributed by atoms with Gasteiger partial charge in [-0.25, -0.2) is 12.8 Å². The van der Waals surface area contributed by atoms with Gasteiger partial charge < -0.3 is 5.73 Å². The molecule has 1 saturated heterocycles. The Hall–Kier alpha value is -0.790. The van der Waals surface area contributed by atoms with Gasteiger partial charge >= 0.3 is 0 Å². The number of thioether (sulfide) groups is 1. The third-order valence-corrected chi connectivity index (χ3v) is 6.20. The van der Waals surface area contributed by atoms with Crippen molar-refractivity contribution in [3.05, 3.63) is 24.0 Å². The van der Waals surface area contributed by atoms with Crippen LogP contribution in [0.3, 0.4) is 0 Å². The molecule has 1 heterocycles. The van der Waals surface area contributed by atoms with Crippen LogP contribution in [0.4, 0.5) is 10.1 Å². The number of anilines is 1. The van der Waals surface area contributed by atoms with Crippen LogP contribution in [0.2, 0.25) is 0 Å². The van der Waals surface area contributed by atoms with Gasteiger partial charge in [0, 0.05) is 18.8 Å². The lowest BCUT2D eigenvalue weighted by molar-refractivity contribution is 0.392. The summed E-state index contributed by atoms with van der Waals surface area (Å²) < 4.78 is 39.7. The van der Waals surface area contributed by atoms with Gasteiger partial charge in [0.2, 0.25) is 10.0 Å². The van der Waals surface area contributed by atoms with Crippen LogP contribution in [0.25, 0.3) is 0 Å². The molecule has 0 spiro atoms. The van der Waals surface area contributed by atoms with Crippen molar-refractivity contribution < 1.29 is 12.8 Å². The minimum absolute atomic E-state index is 0.0486. The molecule has 100 valence electrons. The number of sulfonamides is 1. The Morgan fingerprint density at radius 2 is 2.22 bits per heavy atom. The molecule has 0 aromatic heterocycles. The van der Waals surface area contributed by atoms with E-state index in [1.807, 2.05) is 0 Å². The zero-order chi connectivity index (χ0) is 13.3. The predicted octanol–water partition coefficient (Wildman–Crippen LogP) is 1.53. The average Bonchev–Trinajstić information content (AvgIpc) is 2.80. The van der Waals surface area contributed by atoms with E-state index >= 15 is 0 Å². The molecular weight excluding hydrogens is 275 g/mol. The molecular formula is C11H15FN2O2S2. The van der Waals surface area contributed by atoms with E-state index in [0.29, 0.717) is 0 Å². The molecule has 1 unspecified atom stereocenters. The molecule has 1 aliphatic heterocycles. The van der Waals surface area contributed by atoms with Gasteiger partial charge in [0.05, 0.1) is 5.69 Å². The second kappa shape index (κ2) is 5.07. The van der Waals surface area contributed by atoms with E-state index < -0.39 is 20.7 Å². The maximum absolute atomic E-state index is 13.7. The van der Waals surface area contributed by atoms with E-state index in [0.717, 1.165) is 24.0 Å². The molecule has 0 bridgehead atoms. The lowest BCUT2D eigenvalue weighted by Gasteiger charge is -2.24. The van der Waals surface area contributed by atoms with Crippen molar-refractivity contribution in [2.24, 2.45) is 0 Å². The smallest absolute Gasteiger partial charge is 0.248 e. The lowest BCUT2D eigenvalue weighted by Crippen LogP contribution is -2.37. The minimum atomic E-state index is -3.86. The minimum Gasteiger partial charge on any atom is -0.398 e.